The first kappa shape index (κ1) is 19.8. The van der Waals surface area contributed by atoms with Gasteiger partial charge in [0.1, 0.15) is 5.70 Å². The van der Waals surface area contributed by atoms with E-state index in [9.17, 15) is 14.4 Å². The summed E-state index contributed by atoms with van der Waals surface area (Å²) >= 11 is 0. The summed E-state index contributed by atoms with van der Waals surface area (Å²) in [5, 5.41) is 7.25. The maximum Gasteiger partial charge on any atom is 0.275 e. The lowest BCUT2D eigenvalue weighted by molar-refractivity contribution is -0.122. The van der Waals surface area contributed by atoms with Crippen LogP contribution in [-0.2, 0) is 16.0 Å². The molecule has 3 heterocycles. The summed E-state index contributed by atoms with van der Waals surface area (Å²) in [6.07, 6.45) is 4.37. The summed E-state index contributed by atoms with van der Waals surface area (Å²) in [6.45, 7) is 0.781. The standard InChI is InChI=1S/C24H21N5O3/c1-26-9-8-14-12-29(19-5-3-2-4-15(14)19)21-20(23(31)28-24(21)32)17-11-27-18-7-6-13(22(25)30)10-16(17)18/h2-7,10-12,26-27H,8-9H2,1H3,(H2,25,30)(H,28,31,32). The number of H-pyrrole nitrogens is 1. The van der Waals surface area contributed by atoms with E-state index in [1.54, 1.807) is 29.0 Å². The number of nitrogens with zero attached hydrogens (tertiary/aromatic N) is 1. The van der Waals surface area contributed by atoms with Gasteiger partial charge in [0.15, 0.2) is 0 Å². The van der Waals surface area contributed by atoms with Crippen molar-refractivity contribution in [2.75, 3.05) is 13.6 Å². The monoisotopic (exact) mass is 427 g/mol. The first-order valence-electron chi connectivity index (χ1n) is 10.2. The van der Waals surface area contributed by atoms with Crippen LogP contribution in [0.2, 0.25) is 0 Å². The number of aromatic nitrogens is 2. The van der Waals surface area contributed by atoms with E-state index in [1.165, 1.54) is 0 Å². The van der Waals surface area contributed by atoms with Crippen molar-refractivity contribution in [2.45, 2.75) is 6.42 Å². The molecule has 1 aliphatic heterocycles. The van der Waals surface area contributed by atoms with Crippen molar-refractivity contribution < 1.29 is 14.4 Å². The summed E-state index contributed by atoms with van der Waals surface area (Å²) in [5.74, 6) is -1.51. The molecule has 0 bridgehead atoms. The zero-order chi connectivity index (χ0) is 22.4. The Morgan fingerprint density at radius 3 is 2.69 bits per heavy atom. The number of carbonyl (C=O) groups is 3. The molecule has 0 aliphatic carbocycles. The first-order chi connectivity index (χ1) is 15.5. The summed E-state index contributed by atoms with van der Waals surface area (Å²) in [5.41, 5.74) is 9.47. The molecule has 0 radical (unpaired) electrons. The number of fused-ring (bicyclic) bond motifs is 2. The summed E-state index contributed by atoms with van der Waals surface area (Å²) < 4.78 is 1.78. The molecular formula is C24H21N5O3. The van der Waals surface area contributed by atoms with Crippen molar-refractivity contribution in [1.82, 2.24) is 20.2 Å². The summed E-state index contributed by atoms with van der Waals surface area (Å²) in [6, 6.07) is 12.8. The molecule has 8 heteroatoms. The highest BCUT2D eigenvalue weighted by Crippen LogP contribution is 2.35. The Labute approximate surface area is 183 Å². The normalized spacial score (nSPS) is 14.0. The lowest BCUT2D eigenvalue weighted by atomic mass is 10.0. The van der Waals surface area contributed by atoms with Gasteiger partial charge in [0.05, 0.1) is 11.1 Å². The Morgan fingerprint density at radius 1 is 1.09 bits per heavy atom. The van der Waals surface area contributed by atoms with E-state index in [0.717, 1.165) is 34.9 Å². The molecule has 0 spiro atoms. The van der Waals surface area contributed by atoms with Crippen LogP contribution in [0.3, 0.4) is 0 Å². The molecule has 2 aromatic heterocycles. The highest BCUT2D eigenvalue weighted by molar-refractivity contribution is 6.47. The third-order valence-corrected chi connectivity index (χ3v) is 5.82. The molecule has 5 rings (SSSR count). The Kier molecular flexibility index (Phi) is 4.64. The van der Waals surface area contributed by atoms with E-state index in [2.05, 4.69) is 15.6 Å². The smallest absolute Gasteiger partial charge is 0.275 e. The minimum Gasteiger partial charge on any atom is -0.366 e. The van der Waals surface area contributed by atoms with Gasteiger partial charge in [-0.2, -0.15) is 0 Å². The highest BCUT2D eigenvalue weighted by Gasteiger charge is 2.34. The molecule has 2 aromatic carbocycles. The van der Waals surface area contributed by atoms with E-state index in [-0.39, 0.29) is 11.3 Å². The van der Waals surface area contributed by atoms with Crippen molar-refractivity contribution >= 4 is 50.8 Å². The number of para-hydroxylation sites is 1. The predicted octanol–water partition coefficient (Wildman–Crippen LogP) is 2.01. The van der Waals surface area contributed by atoms with E-state index in [1.807, 2.05) is 37.5 Å². The molecular weight excluding hydrogens is 406 g/mol. The average Bonchev–Trinajstić information content (AvgIpc) is 3.44. The van der Waals surface area contributed by atoms with Gasteiger partial charge in [-0.05, 0) is 49.8 Å². The maximum atomic E-state index is 13.0. The second kappa shape index (κ2) is 7.51. The number of imide groups is 1. The van der Waals surface area contributed by atoms with Crippen LogP contribution in [0.5, 0.6) is 0 Å². The van der Waals surface area contributed by atoms with Crippen molar-refractivity contribution in [3.05, 3.63) is 71.5 Å². The number of rotatable bonds is 6. The molecule has 5 N–H and O–H groups in total. The topological polar surface area (TPSA) is 122 Å². The fraction of sp³-hybridized carbons (Fsp3) is 0.125. The highest BCUT2D eigenvalue weighted by atomic mass is 16.2. The molecule has 160 valence electrons. The number of hydrogen-bond acceptors (Lipinski definition) is 4. The molecule has 1 aliphatic rings. The second-order valence-electron chi connectivity index (χ2n) is 7.73. The molecule has 0 atom stereocenters. The van der Waals surface area contributed by atoms with E-state index in [4.69, 9.17) is 5.73 Å². The SMILES string of the molecule is CNCCc1cn(C2=C(c3c[nH]c4ccc(C(N)=O)cc34)C(=O)NC2=O)c2ccccc12. The number of nitrogens with one attached hydrogen (secondary N) is 3. The number of nitrogens with two attached hydrogens (primary N) is 1. The average molecular weight is 427 g/mol. The lowest BCUT2D eigenvalue weighted by Crippen LogP contribution is -2.23. The van der Waals surface area contributed by atoms with Crippen molar-refractivity contribution in [2.24, 2.45) is 5.73 Å². The zero-order valence-electron chi connectivity index (χ0n) is 17.4. The molecule has 32 heavy (non-hydrogen) atoms. The first-order valence-corrected chi connectivity index (χ1v) is 10.2. The molecule has 4 aromatic rings. The fourth-order valence-corrected chi connectivity index (χ4v) is 4.30. The molecule has 0 unspecified atom stereocenters. The summed E-state index contributed by atoms with van der Waals surface area (Å²) in [7, 11) is 1.89. The number of benzene rings is 2. The van der Waals surface area contributed by atoms with Crippen molar-refractivity contribution in [1.29, 1.82) is 0 Å². The van der Waals surface area contributed by atoms with Gasteiger partial charge < -0.3 is 20.6 Å². The number of aromatic amines is 1. The Morgan fingerprint density at radius 2 is 1.91 bits per heavy atom. The minimum atomic E-state index is -0.564. The van der Waals surface area contributed by atoms with Gasteiger partial charge in [-0.1, -0.05) is 18.2 Å². The van der Waals surface area contributed by atoms with Crippen LogP contribution in [0.4, 0.5) is 0 Å². The predicted molar refractivity (Wildman–Crippen MR) is 123 cm³/mol. The Balaban J connectivity index is 1.78. The van der Waals surface area contributed by atoms with Crippen LogP contribution in [0, 0.1) is 0 Å². The van der Waals surface area contributed by atoms with Crippen LogP contribution in [0.15, 0.2) is 54.9 Å². The van der Waals surface area contributed by atoms with Crippen LogP contribution < -0.4 is 16.4 Å². The van der Waals surface area contributed by atoms with E-state index < -0.39 is 17.7 Å². The van der Waals surface area contributed by atoms with Crippen LogP contribution in [-0.4, -0.2) is 40.9 Å². The minimum absolute atomic E-state index is 0.254. The lowest BCUT2D eigenvalue weighted by Gasteiger charge is -2.07. The van der Waals surface area contributed by atoms with Crippen molar-refractivity contribution in [3.63, 3.8) is 0 Å². The molecule has 0 saturated heterocycles. The summed E-state index contributed by atoms with van der Waals surface area (Å²) in [4.78, 5) is 40.7. The molecule has 0 fully saturated rings. The largest absolute Gasteiger partial charge is 0.366 e. The van der Waals surface area contributed by atoms with Crippen molar-refractivity contribution in [3.8, 4) is 0 Å². The zero-order valence-corrected chi connectivity index (χ0v) is 17.4. The third-order valence-electron chi connectivity index (χ3n) is 5.82. The molecule has 8 nitrogen and oxygen atoms in total. The number of primary amides is 1. The quantitative estimate of drug-likeness (QED) is 0.352. The Bertz CT molecular complexity index is 1460. The van der Waals surface area contributed by atoms with Gasteiger partial charge in [-0.3, -0.25) is 19.7 Å². The van der Waals surface area contributed by atoms with Crippen LogP contribution >= 0.6 is 0 Å². The number of hydrogen-bond donors (Lipinski definition) is 4. The Hall–Kier alpha value is -4.17. The number of likely N-dealkylation sites (N-methyl/N-ethyl adjacent to an activating group) is 1. The maximum absolute atomic E-state index is 13.0. The van der Waals surface area contributed by atoms with Crippen LogP contribution in [0.1, 0.15) is 21.5 Å². The number of amides is 3. The molecule has 0 saturated carbocycles. The van der Waals surface area contributed by atoms with E-state index in [0.29, 0.717) is 16.5 Å². The van der Waals surface area contributed by atoms with Gasteiger partial charge in [0.25, 0.3) is 11.8 Å². The van der Waals surface area contributed by atoms with Gasteiger partial charge in [0, 0.05) is 39.8 Å². The molecule has 3 amide bonds. The van der Waals surface area contributed by atoms with E-state index >= 15 is 0 Å². The fourth-order valence-electron chi connectivity index (χ4n) is 4.30. The third kappa shape index (κ3) is 3.00. The van der Waals surface area contributed by atoms with Gasteiger partial charge >= 0.3 is 0 Å². The van der Waals surface area contributed by atoms with Gasteiger partial charge in [-0.15, -0.1) is 0 Å². The van der Waals surface area contributed by atoms with Gasteiger partial charge in [-0.25, -0.2) is 0 Å². The van der Waals surface area contributed by atoms with Crippen LogP contribution in [0.25, 0.3) is 33.1 Å². The number of carbonyl (C=O) groups excluding carboxylic acids is 3. The second-order valence-corrected chi connectivity index (χ2v) is 7.73. The van der Waals surface area contributed by atoms with Gasteiger partial charge in [0.2, 0.25) is 5.91 Å².